The van der Waals surface area contributed by atoms with Crippen LogP contribution in [0.3, 0.4) is 0 Å². The topological polar surface area (TPSA) is 9.23 Å². The average Bonchev–Trinajstić information content (AvgIpc) is 2.75. The fraction of sp³-hybridized carbons (Fsp3) is 0.280. The molecule has 0 bridgehead atoms. The first kappa shape index (κ1) is 21.0. The number of hydrogen-bond acceptors (Lipinski definition) is 3. The maximum Gasteiger partial charge on any atom is 0.0597 e. The second-order valence-corrected chi connectivity index (χ2v) is 9.49. The van der Waals surface area contributed by atoms with E-state index >= 15 is 0 Å². The van der Waals surface area contributed by atoms with E-state index in [1.165, 1.54) is 15.4 Å². The predicted molar refractivity (Wildman–Crippen MR) is 123 cm³/mol. The molecule has 0 aliphatic heterocycles. The molecule has 0 aromatic heterocycles. The van der Waals surface area contributed by atoms with E-state index in [1.807, 2.05) is 23.5 Å². The summed E-state index contributed by atoms with van der Waals surface area (Å²) in [6, 6.07) is 32.0. The fourth-order valence-electron chi connectivity index (χ4n) is 2.92. The summed E-state index contributed by atoms with van der Waals surface area (Å²) in [6.45, 7) is 1.69. The van der Waals surface area contributed by atoms with Gasteiger partial charge in [-0.3, -0.25) is 0 Å². The summed E-state index contributed by atoms with van der Waals surface area (Å²) in [5, 5.41) is 0. The smallest absolute Gasteiger partial charge is 0.0597 e. The van der Waals surface area contributed by atoms with Gasteiger partial charge in [0.25, 0.3) is 0 Å². The van der Waals surface area contributed by atoms with E-state index in [1.54, 1.807) is 0 Å². The van der Waals surface area contributed by atoms with Crippen LogP contribution >= 0.6 is 23.5 Å². The second-order valence-electron chi connectivity index (χ2n) is 6.64. The van der Waals surface area contributed by atoms with Crippen LogP contribution in [0.2, 0.25) is 0 Å². The Balaban J connectivity index is 1.38. The van der Waals surface area contributed by atoms with Gasteiger partial charge in [0.1, 0.15) is 0 Å². The van der Waals surface area contributed by atoms with Crippen LogP contribution in [0.25, 0.3) is 0 Å². The summed E-state index contributed by atoms with van der Waals surface area (Å²) >= 11 is 3.91. The third kappa shape index (κ3) is 8.14. The molecule has 0 radical (unpaired) electrons. The van der Waals surface area contributed by atoms with E-state index in [0.717, 1.165) is 38.9 Å². The molecule has 28 heavy (non-hydrogen) atoms. The third-order valence-electron chi connectivity index (χ3n) is 4.35. The Morgan fingerprint density at radius 1 is 0.607 bits per heavy atom. The van der Waals surface area contributed by atoms with E-state index in [2.05, 4.69) is 91.0 Å². The SMILES string of the molecule is c1ccc(CCCOCCCC(Sc2ccccc2)Sc2ccccc2)cc1. The first-order chi connectivity index (χ1) is 13.9. The maximum atomic E-state index is 5.89. The molecule has 0 fully saturated rings. The molecule has 3 aromatic carbocycles. The molecule has 0 saturated heterocycles. The van der Waals surface area contributed by atoms with Crippen molar-refractivity contribution in [1.82, 2.24) is 0 Å². The molecule has 0 unspecified atom stereocenters. The minimum Gasteiger partial charge on any atom is -0.381 e. The first-order valence-corrected chi connectivity index (χ1v) is 11.7. The lowest BCUT2D eigenvalue weighted by molar-refractivity contribution is 0.129. The van der Waals surface area contributed by atoms with Crippen molar-refractivity contribution in [2.75, 3.05) is 13.2 Å². The number of aryl methyl sites for hydroxylation is 1. The third-order valence-corrected chi connectivity index (χ3v) is 7.01. The van der Waals surface area contributed by atoms with E-state index in [4.69, 9.17) is 4.74 Å². The van der Waals surface area contributed by atoms with Crippen LogP contribution < -0.4 is 0 Å². The number of ether oxygens (including phenoxy) is 1. The highest BCUT2D eigenvalue weighted by atomic mass is 32.2. The summed E-state index contributed by atoms with van der Waals surface area (Å²) in [5.74, 6) is 0. The molecule has 3 aromatic rings. The molecule has 3 heteroatoms. The van der Waals surface area contributed by atoms with Gasteiger partial charge in [0.2, 0.25) is 0 Å². The van der Waals surface area contributed by atoms with E-state index in [0.29, 0.717) is 4.58 Å². The van der Waals surface area contributed by atoms with Gasteiger partial charge in [0, 0.05) is 23.0 Å². The Kier molecular flexibility index (Phi) is 9.55. The summed E-state index contributed by atoms with van der Waals surface area (Å²) in [5.41, 5.74) is 1.39. The monoisotopic (exact) mass is 408 g/mol. The van der Waals surface area contributed by atoms with Gasteiger partial charge in [-0.15, -0.1) is 23.5 Å². The summed E-state index contributed by atoms with van der Waals surface area (Å²) < 4.78 is 6.39. The molecule has 1 nitrogen and oxygen atoms in total. The number of benzene rings is 3. The van der Waals surface area contributed by atoms with Crippen molar-refractivity contribution in [2.24, 2.45) is 0 Å². The zero-order chi connectivity index (χ0) is 19.3. The van der Waals surface area contributed by atoms with Crippen molar-refractivity contribution in [2.45, 2.75) is 40.1 Å². The van der Waals surface area contributed by atoms with Crippen LogP contribution in [0.15, 0.2) is 101 Å². The van der Waals surface area contributed by atoms with Crippen LogP contribution in [-0.4, -0.2) is 17.8 Å². The maximum absolute atomic E-state index is 5.89. The molecular weight excluding hydrogens is 380 g/mol. The highest BCUT2D eigenvalue weighted by Gasteiger charge is 2.12. The van der Waals surface area contributed by atoms with Crippen molar-refractivity contribution in [3.05, 3.63) is 96.6 Å². The Hall–Kier alpha value is -1.68. The molecule has 0 atom stereocenters. The van der Waals surface area contributed by atoms with E-state index in [-0.39, 0.29) is 0 Å². The summed E-state index contributed by atoms with van der Waals surface area (Å²) in [4.78, 5) is 2.67. The zero-order valence-corrected chi connectivity index (χ0v) is 17.8. The Bertz CT molecular complexity index is 721. The lowest BCUT2D eigenvalue weighted by Crippen LogP contribution is -2.03. The normalized spacial score (nSPS) is 11.0. The number of hydrogen-bond donors (Lipinski definition) is 0. The highest BCUT2D eigenvalue weighted by Crippen LogP contribution is 2.38. The molecule has 0 saturated carbocycles. The summed E-state index contributed by atoms with van der Waals surface area (Å²) in [6.07, 6.45) is 4.41. The zero-order valence-electron chi connectivity index (χ0n) is 16.2. The van der Waals surface area contributed by atoms with Gasteiger partial charge < -0.3 is 4.74 Å². The van der Waals surface area contributed by atoms with Crippen molar-refractivity contribution in [1.29, 1.82) is 0 Å². The Morgan fingerprint density at radius 3 is 1.68 bits per heavy atom. The first-order valence-electron chi connectivity index (χ1n) is 9.95. The molecular formula is C25H28OS2. The number of thioether (sulfide) groups is 2. The Morgan fingerprint density at radius 2 is 1.11 bits per heavy atom. The Labute approximate surface area is 177 Å². The van der Waals surface area contributed by atoms with Gasteiger partial charge >= 0.3 is 0 Å². The van der Waals surface area contributed by atoms with Gasteiger partial charge in [-0.05, 0) is 55.5 Å². The van der Waals surface area contributed by atoms with E-state index < -0.39 is 0 Å². The highest BCUT2D eigenvalue weighted by molar-refractivity contribution is 8.17. The number of rotatable bonds is 12. The van der Waals surface area contributed by atoms with Gasteiger partial charge in [-0.2, -0.15) is 0 Å². The van der Waals surface area contributed by atoms with Gasteiger partial charge in [-0.25, -0.2) is 0 Å². The minimum absolute atomic E-state index is 0.498. The van der Waals surface area contributed by atoms with Crippen LogP contribution in [0.4, 0.5) is 0 Å². The molecule has 0 amide bonds. The van der Waals surface area contributed by atoms with Gasteiger partial charge in [0.15, 0.2) is 0 Å². The second kappa shape index (κ2) is 12.7. The van der Waals surface area contributed by atoms with Gasteiger partial charge in [0.05, 0.1) is 4.58 Å². The molecule has 0 spiro atoms. The molecule has 0 aliphatic rings. The van der Waals surface area contributed by atoms with Crippen molar-refractivity contribution >= 4 is 23.5 Å². The molecule has 0 N–H and O–H groups in total. The lowest BCUT2D eigenvalue weighted by Gasteiger charge is -2.16. The van der Waals surface area contributed by atoms with Crippen LogP contribution in [0.1, 0.15) is 24.8 Å². The van der Waals surface area contributed by atoms with Crippen molar-refractivity contribution in [3.8, 4) is 0 Å². The fourth-order valence-corrected chi connectivity index (χ4v) is 5.58. The lowest BCUT2D eigenvalue weighted by atomic mass is 10.1. The minimum atomic E-state index is 0.498. The standard InChI is InChI=1S/C25H28OS2/c1-4-12-22(13-5-1)14-10-20-26-21-11-19-25(27-23-15-6-2-7-16-23)28-24-17-8-3-9-18-24/h1-9,12-13,15-18,25H,10-11,14,19-21H2. The predicted octanol–water partition coefficient (Wildman–Crippen LogP) is 7.33. The average molecular weight is 409 g/mol. The molecule has 0 aliphatic carbocycles. The molecule has 146 valence electrons. The van der Waals surface area contributed by atoms with Crippen LogP contribution in [0.5, 0.6) is 0 Å². The quantitative estimate of drug-likeness (QED) is 0.176. The van der Waals surface area contributed by atoms with Crippen LogP contribution in [0, 0.1) is 0 Å². The van der Waals surface area contributed by atoms with Gasteiger partial charge in [-0.1, -0.05) is 66.7 Å². The van der Waals surface area contributed by atoms with Crippen molar-refractivity contribution in [3.63, 3.8) is 0 Å². The summed E-state index contributed by atoms with van der Waals surface area (Å²) in [7, 11) is 0. The van der Waals surface area contributed by atoms with Crippen molar-refractivity contribution < 1.29 is 4.74 Å². The molecule has 0 heterocycles. The van der Waals surface area contributed by atoms with E-state index in [9.17, 15) is 0 Å². The largest absolute Gasteiger partial charge is 0.381 e. The van der Waals surface area contributed by atoms with Crippen LogP contribution in [-0.2, 0) is 11.2 Å². The molecule has 3 rings (SSSR count).